The Morgan fingerprint density at radius 1 is 1.20 bits per heavy atom. The number of aromatic carboxylic acids is 1. The van der Waals surface area contributed by atoms with Crippen LogP contribution in [-0.2, 0) is 0 Å². The molecule has 0 unspecified atom stereocenters. The lowest BCUT2D eigenvalue weighted by Gasteiger charge is -2.09. The number of carbonyl (C=O) groups is 2. The highest BCUT2D eigenvalue weighted by atomic mass is 127. The molecule has 20 heavy (non-hydrogen) atoms. The molecule has 1 aromatic heterocycles. The van der Waals surface area contributed by atoms with Crippen molar-refractivity contribution in [1.82, 2.24) is 4.98 Å². The Morgan fingerprint density at radius 3 is 2.65 bits per heavy atom. The number of anilines is 1. The van der Waals surface area contributed by atoms with E-state index in [1.165, 1.54) is 30.6 Å². The zero-order valence-electron chi connectivity index (χ0n) is 10.0. The van der Waals surface area contributed by atoms with Gasteiger partial charge in [-0.1, -0.05) is 0 Å². The van der Waals surface area contributed by atoms with E-state index in [-0.39, 0.29) is 22.6 Å². The molecular weight excluding hydrogens is 375 g/mol. The fourth-order valence-electron chi connectivity index (χ4n) is 1.56. The van der Waals surface area contributed by atoms with Crippen LogP contribution in [0.15, 0.2) is 36.7 Å². The second kappa shape index (κ2) is 5.87. The van der Waals surface area contributed by atoms with Gasteiger partial charge >= 0.3 is 5.97 Å². The second-order valence-corrected chi connectivity index (χ2v) is 5.09. The normalized spacial score (nSPS) is 10.1. The molecule has 3 N–H and O–H groups in total. The molecular formula is C13H9IN2O4. The van der Waals surface area contributed by atoms with Gasteiger partial charge in [0.2, 0.25) is 0 Å². The monoisotopic (exact) mass is 384 g/mol. The zero-order chi connectivity index (χ0) is 14.7. The lowest BCUT2D eigenvalue weighted by atomic mass is 10.1. The number of halogens is 1. The molecule has 2 rings (SSSR count). The molecule has 102 valence electrons. The zero-order valence-corrected chi connectivity index (χ0v) is 12.2. The van der Waals surface area contributed by atoms with E-state index in [1.54, 1.807) is 6.07 Å². The Bertz CT molecular complexity index is 688. The number of benzene rings is 1. The number of hydrogen-bond acceptors (Lipinski definition) is 4. The van der Waals surface area contributed by atoms with Crippen molar-refractivity contribution in [3.8, 4) is 5.75 Å². The third-order valence-electron chi connectivity index (χ3n) is 2.50. The van der Waals surface area contributed by atoms with Gasteiger partial charge in [-0.2, -0.15) is 0 Å². The molecule has 1 amide bonds. The third kappa shape index (κ3) is 3.05. The first kappa shape index (κ1) is 14.3. The van der Waals surface area contributed by atoms with Crippen LogP contribution < -0.4 is 5.32 Å². The van der Waals surface area contributed by atoms with E-state index in [0.717, 1.165) is 3.57 Å². The summed E-state index contributed by atoms with van der Waals surface area (Å²) in [5.41, 5.74) is 0.0684. The highest BCUT2D eigenvalue weighted by Gasteiger charge is 2.16. The summed E-state index contributed by atoms with van der Waals surface area (Å²) < 4.78 is 0.773. The summed E-state index contributed by atoms with van der Waals surface area (Å²) in [5.74, 6) is -1.95. The van der Waals surface area contributed by atoms with Crippen molar-refractivity contribution in [3.05, 3.63) is 51.4 Å². The van der Waals surface area contributed by atoms with Gasteiger partial charge in [-0.25, -0.2) is 4.79 Å². The standard InChI is InChI=1S/C13H9IN2O4/c14-7-1-2-11(17)9(5-7)12(18)16-10-6-15-4-3-8(10)13(19)20/h1-6,17H,(H,16,18)(H,19,20). The van der Waals surface area contributed by atoms with Gasteiger partial charge in [0.25, 0.3) is 5.91 Å². The van der Waals surface area contributed by atoms with Crippen molar-refractivity contribution < 1.29 is 19.8 Å². The fourth-order valence-corrected chi connectivity index (χ4v) is 2.05. The molecule has 1 heterocycles. The molecule has 2 aromatic rings. The minimum atomic E-state index is -1.17. The van der Waals surface area contributed by atoms with Gasteiger partial charge in [0.05, 0.1) is 23.0 Å². The minimum Gasteiger partial charge on any atom is -0.507 e. The predicted molar refractivity (Wildman–Crippen MR) is 80.0 cm³/mol. The summed E-state index contributed by atoms with van der Waals surface area (Å²) in [4.78, 5) is 26.9. The molecule has 0 fully saturated rings. The Balaban J connectivity index is 2.33. The number of aromatic hydroxyl groups is 1. The topological polar surface area (TPSA) is 99.5 Å². The van der Waals surface area contributed by atoms with Crippen LogP contribution in [0.2, 0.25) is 0 Å². The largest absolute Gasteiger partial charge is 0.507 e. The number of rotatable bonds is 3. The predicted octanol–water partition coefficient (Wildman–Crippen LogP) is 2.34. The molecule has 0 saturated heterocycles. The van der Waals surface area contributed by atoms with Gasteiger partial charge in [-0.05, 0) is 46.9 Å². The maximum absolute atomic E-state index is 12.1. The first-order valence-corrected chi connectivity index (χ1v) is 6.54. The second-order valence-electron chi connectivity index (χ2n) is 3.84. The Hall–Kier alpha value is -2.16. The number of hydrogen-bond donors (Lipinski definition) is 3. The SMILES string of the molecule is O=C(Nc1cnccc1C(=O)O)c1cc(I)ccc1O. The highest BCUT2D eigenvalue weighted by molar-refractivity contribution is 14.1. The van der Waals surface area contributed by atoms with Gasteiger partial charge in [-0.3, -0.25) is 9.78 Å². The number of phenolic OH excluding ortho intramolecular Hbond substituents is 1. The highest BCUT2D eigenvalue weighted by Crippen LogP contribution is 2.22. The van der Waals surface area contributed by atoms with E-state index >= 15 is 0 Å². The van der Waals surface area contributed by atoms with Gasteiger partial charge in [0.15, 0.2) is 0 Å². The van der Waals surface area contributed by atoms with Gasteiger partial charge < -0.3 is 15.5 Å². The van der Waals surface area contributed by atoms with Crippen molar-refractivity contribution in [3.63, 3.8) is 0 Å². The van der Waals surface area contributed by atoms with Crippen molar-refractivity contribution in [2.45, 2.75) is 0 Å². The van der Waals surface area contributed by atoms with E-state index in [9.17, 15) is 14.7 Å². The molecule has 6 nitrogen and oxygen atoms in total. The molecule has 0 aliphatic heterocycles. The van der Waals surface area contributed by atoms with Crippen molar-refractivity contribution in [2.75, 3.05) is 5.32 Å². The van der Waals surface area contributed by atoms with E-state index in [4.69, 9.17) is 5.11 Å². The Labute approximate surface area is 127 Å². The summed E-state index contributed by atoms with van der Waals surface area (Å²) in [6, 6.07) is 5.84. The van der Waals surface area contributed by atoms with Crippen LogP contribution in [0, 0.1) is 3.57 Å². The van der Waals surface area contributed by atoms with E-state index in [0.29, 0.717) is 0 Å². The van der Waals surface area contributed by atoms with Crippen molar-refractivity contribution in [1.29, 1.82) is 0 Å². The molecule has 0 bridgehead atoms. The number of nitrogens with one attached hydrogen (secondary N) is 1. The van der Waals surface area contributed by atoms with Crippen LogP contribution in [0.3, 0.4) is 0 Å². The average molecular weight is 384 g/mol. The van der Waals surface area contributed by atoms with Crippen LogP contribution in [0.4, 0.5) is 5.69 Å². The number of pyridine rings is 1. The molecule has 7 heteroatoms. The quantitative estimate of drug-likeness (QED) is 0.706. The summed E-state index contributed by atoms with van der Waals surface area (Å²) in [7, 11) is 0. The van der Waals surface area contributed by atoms with Crippen LogP contribution in [0.25, 0.3) is 0 Å². The van der Waals surface area contributed by atoms with Crippen LogP contribution in [0.1, 0.15) is 20.7 Å². The number of aromatic nitrogens is 1. The Kier molecular flexibility index (Phi) is 4.18. The maximum Gasteiger partial charge on any atom is 0.337 e. The number of carboxylic acids is 1. The number of carbonyl (C=O) groups excluding carboxylic acids is 1. The molecule has 1 aromatic carbocycles. The van der Waals surface area contributed by atoms with Gasteiger partial charge in [0.1, 0.15) is 5.75 Å². The van der Waals surface area contributed by atoms with Crippen molar-refractivity contribution >= 4 is 40.2 Å². The fraction of sp³-hybridized carbons (Fsp3) is 0. The number of phenols is 1. The summed E-state index contributed by atoms with van der Waals surface area (Å²) in [5, 5.41) is 21.1. The average Bonchev–Trinajstić information content (AvgIpc) is 2.41. The van der Waals surface area contributed by atoms with Gasteiger partial charge in [0, 0.05) is 9.77 Å². The maximum atomic E-state index is 12.1. The lowest BCUT2D eigenvalue weighted by molar-refractivity contribution is 0.0698. The summed E-state index contributed by atoms with van der Waals surface area (Å²) in [6.45, 7) is 0. The van der Waals surface area contributed by atoms with E-state index in [2.05, 4.69) is 10.3 Å². The molecule has 0 aliphatic carbocycles. The number of carboxylic acid groups (broad SMARTS) is 1. The summed E-state index contributed by atoms with van der Waals surface area (Å²) in [6.07, 6.45) is 2.56. The molecule has 0 spiro atoms. The first-order chi connectivity index (χ1) is 9.49. The summed E-state index contributed by atoms with van der Waals surface area (Å²) >= 11 is 2.01. The first-order valence-electron chi connectivity index (χ1n) is 5.46. The lowest BCUT2D eigenvalue weighted by Crippen LogP contribution is -2.15. The molecule has 0 radical (unpaired) electrons. The molecule has 0 atom stereocenters. The van der Waals surface area contributed by atoms with Crippen molar-refractivity contribution in [2.24, 2.45) is 0 Å². The minimum absolute atomic E-state index is 0.0668. The van der Waals surface area contributed by atoms with Crippen LogP contribution in [-0.4, -0.2) is 27.1 Å². The van der Waals surface area contributed by atoms with E-state index < -0.39 is 11.9 Å². The Morgan fingerprint density at radius 2 is 1.95 bits per heavy atom. The molecule has 0 saturated carbocycles. The van der Waals surface area contributed by atoms with E-state index in [1.807, 2.05) is 22.6 Å². The van der Waals surface area contributed by atoms with Gasteiger partial charge in [-0.15, -0.1) is 0 Å². The van der Waals surface area contributed by atoms with Crippen LogP contribution >= 0.6 is 22.6 Å². The van der Waals surface area contributed by atoms with Crippen LogP contribution in [0.5, 0.6) is 5.75 Å². The molecule has 0 aliphatic rings. The third-order valence-corrected chi connectivity index (χ3v) is 3.17. The number of nitrogens with zero attached hydrogens (tertiary/aromatic N) is 1. The smallest absolute Gasteiger partial charge is 0.337 e. The number of amides is 1.